The van der Waals surface area contributed by atoms with E-state index in [9.17, 15) is 38.0 Å². The van der Waals surface area contributed by atoms with Crippen LogP contribution in [0.4, 0.5) is 18.9 Å². The van der Waals surface area contributed by atoms with Gasteiger partial charge in [0, 0.05) is 35.7 Å². The molecule has 3 atom stereocenters. The van der Waals surface area contributed by atoms with E-state index < -0.39 is 51.3 Å². The average molecular weight is 574 g/mol. The van der Waals surface area contributed by atoms with Crippen molar-refractivity contribution in [1.29, 1.82) is 0 Å². The third kappa shape index (κ3) is 6.34. The summed E-state index contributed by atoms with van der Waals surface area (Å²) in [6, 6.07) is 10.1. The van der Waals surface area contributed by atoms with E-state index >= 15 is 0 Å². The van der Waals surface area contributed by atoms with Crippen molar-refractivity contribution in [2.45, 2.75) is 63.2 Å². The molecule has 0 spiro atoms. The molecule has 13 heteroatoms. The molecule has 41 heavy (non-hydrogen) atoms. The van der Waals surface area contributed by atoms with Gasteiger partial charge in [-0.3, -0.25) is 14.9 Å². The van der Waals surface area contributed by atoms with Gasteiger partial charge in [-0.2, -0.15) is 18.3 Å². The number of nitro groups is 1. The van der Waals surface area contributed by atoms with Gasteiger partial charge < -0.3 is 15.7 Å². The molecular weight excluding hydrogens is 543 g/mol. The summed E-state index contributed by atoms with van der Waals surface area (Å²) in [6.07, 6.45) is -3.35. The first-order chi connectivity index (χ1) is 19.3. The van der Waals surface area contributed by atoms with Gasteiger partial charge in [-0.25, -0.2) is 10.2 Å². The van der Waals surface area contributed by atoms with Crippen LogP contribution < -0.4 is 16.1 Å². The lowest BCUT2D eigenvalue weighted by Crippen LogP contribution is -2.61. The molecule has 2 aromatic carbocycles. The van der Waals surface area contributed by atoms with Gasteiger partial charge >= 0.3 is 12.1 Å². The zero-order chi connectivity index (χ0) is 29.9. The Labute approximate surface area is 233 Å². The molecule has 2 aliphatic heterocycles. The van der Waals surface area contributed by atoms with E-state index in [0.717, 1.165) is 29.1 Å². The molecule has 4 N–H and O–H groups in total. The Kier molecular flexibility index (Phi) is 8.36. The average Bonchev–Trinajstić information content (AvgIpc) is 2.90. The maximum Gasteiger partial charge on any atom is 0.416 e. The Bertz CT molecular complexity index is 1410. The molecule has 0 aliphatic carbocycles. The largest absolute Gasteiger partial charge is 0.478 e. The number of allylic oxidation sites excluding steroid dienone is 1. The second-order valence-electron chi connectivity index (χ2n) is 10.4. The zero-order valence-electron chi connectivity index (χ0n) is 22.4. The maximum atomic E-state index is 13.9. The molecule has 0 bridgehead atoms. The number of carboxylic acids is 1. The predicted molar refractivity (Wildman–Crippen MR) is 145 cm³/mol. The summed E-state index contributed by atoms with van der Waals surface area (Å²) in [4.78, 5) is 35.3. The van der Waals surface area contributed by atoms with Gasteiger partial charge in [0.15, 0.2) is 0 Å². The Morgan fingerprint density at radius 3 is 2.46 bits per heavy atom. The number of carboxylic acid groups (broad SMARTS) is 1. The second-order valence-corrected chi connectivity index (χ2v) is 10.4. The first kappa shape index (κ1) is 29.6. The SMILES string of the molecule is CC1=C(C(=O)O)C(c2ccccc2C(F)(F)F)C([N+](=O)[O-])C(C)(CCCNc2ccc(C3=NNC(=O)CC3)cc2)N1. The minimum Gasteiger partial charge on any atom is -0.478 e. The number of carbonyl (C=O) groups excluding carboxylic acids is 1. The van der Waals surface area contributed by atoms with Crippen LogP contribution in [0.1, 0.15) is 62.1 Å². The van der Waals surface area contributed by atoms with Crippen molar-refractivity contribution in [2.24, 2.45) is 5.10 Å². The van der Waals surface area contributed by atoms with Gasteiger partial charge in [-0.05, 0) is 56.0 Å². The van der Waals surface area contributed by atoms with E-state index in [1.165, 1.54) is 19.1 Å². The lowest BCUT2D eigenvalue weighted by Gasteiger charge is -2.43. The van der Waals surface area contributed by atoms with Crippen LogP contribution in [0.25, 0.3) is 0 Å². The van der Waals surface area contributed by atoms with Gasteiger partial charge in [-0.1, -0.05) is 30.3 Å². The molecule has 2 heterocycles. The Hall–Kier alpha value is -4.42. The third-order valence-corrected chi connectivity index (χ3v) is 7.54. The van der Waals surface area contributed by atoms with Crippen LogP contribution in [-0.2, 0) is 15.8 Å². The topological polar surface area (TPSA) is 146 Å². The molecule has 1 amide bonds. The maximum absolute atomic E-state index is 13.9. The molecule has 218 valence electrons. The standard InChI is InChI=1S/C28H30F3N5O5/c1-16-23(26(38)39)24(19-6-3-4-7-20(19)28(29,30)31)25(36(40)41)27(2,33-16)14-5-15-32-18-10-8-17(9-11-18)21-12-13-22(37)35-34-21/h3-4,6-11,24-25,32-33H,5,12-15H2,1-2H3,(H,35,37)(H,38,39). The molecule has 3 unspecified atom stereocenters. The number of hydrazone groups is 1. The minimum absolute atomic E-state index is 0.0884. The Morgan fingerprint density at radius 1 is 1.20 bits per heavy atom. The fraction of sp³-hybridized carbons (Fsp3) is 0.393. The number of benzene rings is 2. The molecule has 2 aromatic rings. The van der Waals surface area contributed by atoms with Crippen LogP contribution in [0.2, 0.25) is 0 Å². The fourth-order valence-corrected chi connectivity index (χ4v) is 5.69. The van der Waals surface area contributed by atoms with E-state index in [4.69, 9.17) is 0 Å². The van der Waals surface area contributed by atoms with Gasteiger partial charge in [0.05, 0.1) is 22.8 Å². The van der Waals surface area contributed by atoms with Crippen LogP contribution in [0, 0.1) is 10.1 Å². The lowest BCUT2D eigenvalue weighted by atomic mass is 9.69. The smallest absolute Gasteiger partial charge is 0.416 e. The van der Waals surface area contributed by atoms with Crippen molar-refractivity contribution >= 4 is 23.3 Å². The fourth-order valence-electron chi connectivity index (χ4n) is 5.69. The van der Waals surface area contributed by atoms with E-state index in [1.54, 1.807) is 6.92 Å². The Morgan fingerprint density at radius 2 is 1.88 bits per heavy atom. The molecule has 0 saturated heterocycles. The number of anilines is 1. The van der Waals surface area contributed by atoms with Gasteiger partial charge in [0.25, 0.3) is 0 Å². The highest BCUT2D eigenvalue weighted by atomic mass is 19.4. The second kappa shape index (κ2) is 11.6. The number of hydrogen-bond acceptors (Lipinski definition) is 7. The quantitative estimate of drug-likeness (QED) is 0.194. The monoisotopic (exact) mass is 573 g/mol. The number of hydrogen-bond donors (Lipinski definition) is 4. The number of halogens is 3. The van der Waals surface area contributed by atoms with Crippen LogP contribution in [0.15, 0.2) is 64.9 Å². The van der Waals surface area contributed by atoms with E-state index in [0.29, 0.717) is 25.8 Å². The summed E-state index contributed by atoms with van der Waals surface area (Å²) in [5.41, 5.74) is 1.62. The highest BCUT2D eigenvalue weighted by Gasteiger charge is 2.56. The summed E-state index contributed by atoms with van der Waals surface area (Å²) in [5, 5.41) is 32.6. The minimum atomic E-state index is -4.83. The van der Waals surface area contributed by atoms with Crippen molar-refractivity contribution in [3.8, 4) is 0 Å². The van der Waals surface area contributed by atoms with Crippen molar-refractivity contribution < 1.29 is 32.8 Å². The van der Waals surface area contributed by atoms with Crippen LogP contribution in [0.3, 0.4) is 0 Å². The summed E-state index contributed by atoms with van der Waals surface area (Å²) in [5.74, 6) is -3.27. The third-order valence-electron chi connectivity index (χ3n) is 7.54. The summed E-state index contributed by atoms with van der Waals surface area (Å²) in [6.45, 7) is 3.36. The molecular formula is C28H30F3N5O5. The number of amides is 1. The molecule has 0 fully saturated rings. The van der Waals surface area contributed by atoms with E-state index in [-0.39, 0.29) is 18.0 Å². The van der Waals surface area contributed by atoms with Crippen molar-refractivity contribution in [3.05, 3.63) is 86.6 Å². The lowest BCUT2D eigenvalue weighted by molar-refractivity contribution is -0.538. The zero-order valence-corrected chi connectivity index (χ0v) is 22.4. The molecule has 0 aromatic heterocycles. The van der Waals surface area contributed by atoms with Gasteiger partial charge in [0.2, 0.25) is 11.9 Å². The van der Waals surface area contributed by atoms with E-state index in [1.807, 2.05) is 24.3 Å². The van der Waals surface area contributed by atoms with Crippen LogP contribution >= 0.6 is 0 Å². The van der Waals surface area contributed by atoms with E-state index in [2.05, 4.69) is 21.2 Å². The molecule has 4 rings (SSSR count). The highest BCUT2D eigenvalue weighted by molar-refractivity contribution is 6.04. The molecule has 0 saturated carbocycles. The number of alkyl halides is 3. The first-order valence-corrected chi connectivity index (χ1v) is 13.0. The van der Waals surface area contributed by atoms with Crippen molar-refractivity contribution in [3.63, 3.8) is 0 Å². The molecule has 2 aliphatic rings. The number of aliphatic carboxylic acids is 1. The number of rotatable bonds is 9. The summed E-state index contributed by atoms with van der Waals surface area (Å²) in [7, 11) is 0. The normalized spacial score (nSPS) is 22.9. The number of carbonyl (C=O) groups is 2. The van der Waals surface area contributed by atoms with Crippen LogP contribution in [-0.4, -0.2) is 45.7 Å². The summed E-state index contributed by atoms with van der Waals surface area (Å²) < 4.78 is 41.8. The first-order valence-electron chi connectivity index (χ1n) is 13.0. The van der Waals surface area contributed by atoms with Crippen molar-refractivity contribution in [1.82, 2.24) is 10.7 Å². The van der Waals surface area contributed by atoms with Gasteiger partial charge in [0.1, 0.15) is 5.54 Å². The molecule has 0 radical (unpaired) electrons. The highest BCUT2D eigenvalue weighted by Crippen LogP contribution is 2.46. The van der Waals surface area contributed by atoms with Crippen LogP contribution in [0.5, 0.6) is 0 Å². The molecule has 10 nitrogen and oxygen atoms in total. The predicted octanol–water partition coefficient (Wildman–Crippen LogP) is 4.66. The van der Waals surface area contributed by atoms with Gasteiger partial charge in [-0.15, -0.1) is 0 Å². The Balaban J connectivity index is 1.54. The summed E-state index contributed by atoms with van der Waals surface area (Å²) >= 11 is 0. The number of nitrogens with one attached hydrogen (secondary N) is 3. The van der Waals surface area contributed by atoms with Crippen molar-refractivity contribution in [2.75, 3.05) is 11.9 Å². The number of nitrogens with zero attached hydrogens (tertiary/aromatic N) is 2.